The Kier molecular flexibility index (Phi) is 5.16. The first-order chi connectivity index (χ1) is 15.1. The number of carboxylic acids is 1. The molecule has 0 spiro atoms. The standard InChI is InChI=1S/C26H22ClNO3/c27-22-14-13-21(26(29)30)23-19-7-4-8-20(19)24(28-25(22)23)17-9-11-18(12-10-17)31-15-16-5-2-1-3-6-16/h1-7,9-14,19-20,24,28H,8,15H2,(H,29,30)/t19?,20?,24-/m1/s1. The lowest BCUT2D eigenvalue weighted by atomic mass is 9.75. The Morgan fingerprint density at radius 1 is 1.06 bits per heavy atom. The van der Waals surface area contributed by atoms with Gasteiger partial charge in [-0.25, -0.2) is 4.79 Å². The first kappa shape index (κ1) is 19.7. The van der Waals surface area contributed by atoms with Crippen molar-refractivity contribution < 1.29 is 14.6 Å². The van der Waals surface area contributed by atoms with Gasteiger partial charge < -0.3 is 15.2 Å². The van der Waals surface area contributed by atoms with E-state index in [-0.39, 0.29) is 17.9 Å². The summed E-state index contributed by atoms with van der Waals surface area (Å²) in [5, 5.41) is 13.8. The van der Waals surface area contributed by atoms with Crippen LogP contribution in [0, 0.1) is 5.92 Å². The second kappa shape index (κ2) is 8.12. The van der Waals surface area contributed by atoms with Crippen molar-refractivity contribution in [2.24, 2.45) is 5.92 Å². The van der Waals surface area contributed by atoms with Crippen LogP contribution in [0.1, 0.15) is 45.4 Å². The van der Waals surface area contributed by atoms with Crippen molar-refractivity contribution in [2.45, 2.75) is 25.0 Å². The molecule has 1 heterocycles. The first-order valence-electron chi connectivity index (χ1n) is 10.4. The smallest absolute Gasteiger partial charge is 0.336 e. The number of hydrogen-bond acceptors (Lipinski definition) is 3. The number of anilines is 1. The molecule has 3 aromatic rings. The molecule has 0 amide bonds. The number of nitrogens with one attached hydrogen (secondary N) is 1. The second-order valence-corrected chi connectivity index (χ2v) is 8.41. The van der Waals surface area contributed by atoms with Crippen LogP contribution >= 0.6 is 11.6 Å². The highest BCUT2D eigenvalue weighted by atomic mass is 35.5. The maximum Gasteiger partial charge on any atom is 0.336 e. The molecule has 5 rings (SSSR count). The number of allylic oxidation sites excluding steroid dienone is 2. The Morgan fingerprint density at radius 2 is 1.84 bits per heavy atom. The molecular weight excluding hydrogens is 410 g/mol. The van der Waals surface area contributed by atoms with Crippen LogP contribution in [0.5, 0.6) is 5.75 Å². The Morgan fingerprint density at radius 3 is 2.58 bits per heavy atom. The van der Waals surface area contributed by atoms with Gasteiger partial charge in [0.1, 0.15) is 12.4 Å². The van der Waals surface area contributed by atoms with E-state index in [1.54, 1.807) is 12.1 Å². The van der Waals surface area contributed by atoms with Crippen LogP contribution in [0.2, 0.25) is 5.02 Å². The summed E-state index contributed by atoms with van der Waals surface area (Å²) in [7, 11) is 0. The van der Waals surface area contributed by atoms with Gasteiger partial charge in [-0.1, -0.05) is 66.2 Å². The molecule has 156 valence electrons. The number of halogens is 1. The lowest BCUT2D eigenvalue weighted by Crippen LogP contribution is -2.30. The first-order valence-corrected chi connectivity index (χ1v) is 10.7. The van der Waals surface area contributed by atoms with E-state index in [1.165, 1.54) is 0 Å². The van der Waals surface area contributed by atoms with E-state index in [1.807, 2.05) is 42.5 Å². The van der Waals surface area contributed by atoms with Crippen molar-refractivity contribution in [1.82, 2.24) is 0 Å². The van der Waals surface area contributed by atoms with Crippen LogP contribution < -0.4 is 10.1 Å². The number of aromatic carboxylic acids is 1. The highest BCUT2D eigenvalue weighted by Crippen LogP contribution is 2.52. The van der Waals surface area contributed by atoms with E-state index in [9.17, 15) is 9.90 Å². The van der Waals surface area contributed by atoms with Crippen LogP contribution in [0.15, 0.2) is 78.9 Å². The van der Waals surface area contributed by atoms with Crippen molar-refractivity contribution >= 4 is 23.3 Å². The average molecular weight is 432 g/mol. The highest BCUT2D eigenvalue weighted by Gasteiger charge is 2.40. The molecule has 0 saturated heterocycles. The minimum absolute atomic E-state index is 0.0278. The van der Waals surface area contributed by atoms with Crippen LogP contribution in [0.4, 0.5) is 5.69 Å². The quantitative estimate of drug-likeness (QED) is 0.456. The molecule has 0 radical (unpaired) electrons. The molecule has 5 heteroatoms. The van der Waals surface area contributed by atoms with E-state index < -0.39 is 5.97 Å². The highest BCUT2D eigenvalue weighted by molar-refractivity contribution is 6.33. The van der Waals surface area contributed by atoms with Gasteiger partial charge in [0, 0.05) is 5.92 Å². The molecule has 0 fully saturated rings. The van der Waals surface area contributed by atoms with Gasteiger partial charge in [-0.05, 0) is 53.3 Å². The summed E-state index contributed by atoms with van der Waals surface area (Å²) >= 11 is 6.49. The summed E-state index contributed by atoms with van der Waals surface area (Å²) in [6.45, 7) is 0.525. The Hall–Kier alpha value is -3.24. The molecule has 2 unspecified atom stereocenters. The van der Waals surface area contributed by atoms with Gasteiger partial charge >= 0.3 is 5.97 Å². The molecule has 1 aliphatic heterocycles. The largest absolute Gasteiger partial charge is 0.489 e. The third-order valence-electron chi connectivity index (χ3n) is 6.19. The predicted octanol–water partition coefficient (Wildman–Crippen LogP) is 6.44. The van der Waals surface area contributed by atoms with Crippen molar-refractivity contribution in [2.75, 3.05) is 5.32 Å². The van der Waals surface area contributed by atoms with Gasteiger partial charge in [0.25, 0.3) is 0 Å². The van der Waals surface area contributed by atoms with Gasteiger partial charge in [0.15, 0.2) is 0 Å². The zero-order chi connectivity index (χ0) is 21.4. The summed E-state index contributed by atoms with van der Waals surface area (Å²) in [6, 6.07) is 21.5. The molecule has 2 aliphatic rings. The number of hydrogen-bond donors (Lipinski definition) is 2. The van der Waals surface area contributed by atoms with E-state index in [0.29, 0.717) is 17.2 Å². The van der Waals surface area contributed by atoms with Crippen molar-refractivity contribution in [1.29, 1.82) is 0 Å². The molecule has 0 bridgehead atoms. The number of fused-ring (bicyclic) bond motifs is 3. The van der Waals surface area contributed by atoms with E-state index in [0.717, 1.165) is 34.5 Å². The van der Waals surface area contributed by atoms with Crippen molar-refractivity contribution in [3.05, 3.63) is 106 Å². The van der Waals surface area contributed by atoms with Crippen LogP contribution in [-0.4, -0.2) is 11.1 Å². The fourth-order valence-electron chi connectivity index (χ4n) is 4.70. The minimum Gasteiger partial charge on any atom is -0.489 e. The minimum atomic E-state index is -0.924. The van der Waals surface area contributed by atoms with Gasteiger partial charge in [0.2, 0.25) is 0 Å². The summed E-state index contributed by atoms with van der Waals surface area (Å²) < 4.78 is 5.92. The number of carboxylic acid groups (broad SMARTS) is 1. The molecule has 3 aromatic carbocycles. The number of carbonyl (C=O) groups is 1. The van der Waals surface area contributed by atoms with Gasteiger partial charge in [-0.3, -0.25) is 0 Å². The Labute approximate surface area is 186 Å². The predicted molar refractivity (Wildman–Crippen MR) is 122 cm³/mol. The lowest BCUT2D eigenvalue weighted by Gasteiger charge is -2.38. The maximum atomic E-state index is 11.8. The average Bonchev–Trinajstić information content (AvgIpc) is 3.29. The van der Waals surface area contributed by atoms with E-state index in [4.69, 9.17) is 16.3 Å². The van der Waals surface area contributed by atoms with Gasteiger partial charge in [-0.15, -0.1) is 0 Å². The number of ether oxygens (including phenoxy) is 1. The maximum absolute atomic E-state index is 11.8. The normalized spacial score (nSPS) is 21.1. The zero-order valence-electron chi connectivity index (χ0n) is 16.8. The van der Waals surface area contributed by atoms with Gasteiger partial charge in [0.05, 0.1) is 22.3 Å². The van der Waals surface area contributed by atoms with Crippen molar-refractivity contribution in [3.63, 3.8) is 0 Å². The summed E-state index contributed by atoms with van der Waals surface area (Å²) in [5.74, 6) is 0.156. The monoisotopic (exact) mass is 431 g/mol. The number of rotatable bonds is 5. The fraction of sp³-hybridized carbons (Fsp3) is 0.192. The molecule has 2 N–H and O–H groups in total. The van der Waals surface area contributed by atoms with E-state index in [2.05, 4.69) is 29.6 Å². The third kappa shape index (κ3) is 3.68. The van der Waals surface area contributed by atoms with Crippen molar-refractivity contribution in [3.8, 4) is 5.75 Å². The molecule has 0 saturated carbocycles. The zero-order valence-corrected chi connectivity index (χ0v) is 17.5. The Balaban J connectivity index is 1.41. The second-order valence-electron chi connectivity index (χ2n) is 8.01. The SMILES string of the molecule is O=C(O)c1ccc(Cl)c2c1C1C=CCC1[C@@H](c1ccc(OCc3ccccc3)cc1)N2. The van der Waals surface area contributed by atoms with E-state index >= 15 is 0 Å². The van der Waals surface area contributed by atoms with Crippen LogP contribution in [0.25, 0.3) is 0 Å². The molecule has 1 aliphatic carbocycles. The third-order valence-corrected chi connectivity index (χ3v) is 6.50. The molecule has 3 atom stereocenters. The molecule has 4 nitrogen and oxygen atoms in total. The van der Waals surface area contributed by atoms with Crippen LogP contribution in [-0.2, 0) is 6.61 Å². The molecule has 0 aromatic heterocycles. The fourth-order valence-corrected chi connectivity index (χ4v) is 4.92. The summed E-state index contributed by atoms with van der Waals surface area (Å²) in [5.41, 5.74) is 4.09. The topological polar surface area (TPSA) is 58.6 Å². The molecular formula is C26H22ClNO3. The number of benzene rings is 3. The summed E-state index contributed by atoms with van der Waals surface area (Å²) in [4.78, 5) is 11.8. The summed E-state index contributed by atoms with van der Waals surface area (Å²) in [6.07, 6.45) is 5.15. The van der Waals surface area contributed by atoms with Gasteiger partial charge in [-0.2, -0.15) is 0 Å². The van der Waals surface area contributed by atoms with Crippen LogP contribution in [0.3, 0.4) is 0 Å². The lowest BCUT2D eigenvalue weighted by molar-refractivity contribution is 0.0695. The Bertz CT molecular complexity index is 1140. The molecule has 31 heavy (non-hydrogen) atoms.